The Morgan fingerprint density at radius 3 is 2.75 bits per heavy atom. The number of aromatic nitrogens is 2. The monoisotopic (exact) mass is 330 g/mol. The van der Waals surface area contributed by atoms with Crippen molar-refractivity contribution in [2.24, 2.45) is 24.3 Å². The molecule has 3 fully saturated rings. The normalized spacial score (nSPS) is 26.8. The highest BCUT2D eigenvalue weighted by Crippen LogP contribution is 2.49. The smallest absolute Gasteiger partial charge is 0.223 e. The molecule has 2 aliphatic carbocycles. The van der Waals surface area contributed by atoms with E-state index in [2.05, 4.69) is 21.5 Å². The van der Waals surface area contributed by atoms with Crippen molar-refractivity contribution in [3.63, 3.8) is 0 Å². The van der Waals surface area contributed by atoms with Crippen molar-refractivity contribution in [2.45, 2.75) is 51.5 Å². The van der Waals surface area contributed by atoms with E-state index in [4.69, 9.17) is 0 Å². The molecule has 0 radical (unpaired) electrons. The van der Waals surface area contributed by atoms with Crippen LogP contribution >= 0.6 is 0 Å². The van der Waals surface area contributed by atoms with Crippen LogP contribution in [0, 0.1) is 17.3 Å². The maximum absolute atomic E-state index is 12.4. The van der Waals surface area contributed by atoms with Gasteiger partial charge in [-0.15, -0.1) is 0 Å². The average molecular weight is 330 g/mol. The van der Waals surface area contributed by atoms with Crippen LogP contribution in [-0.2, 0) is 18.4 Å². The molecule has 3 aliphatic rings. The largest absolute Gasteiger partial charge is 0.356 e. The molecule has 1 aromatic heterocycles. The van der Waals surface area contributed by atoms with Crippen LogP contribution in [0.4, 0.5) is 0 Å². The van der Waals surface area contributed by atoms with E-state index < -0.39 is 0 Å². The van der Waals surface area contributed by atoms with Crippen molar-refractivity contribution in [3.8, 4) is 0 Å². The Morgan fingerprint density at radius 2 is 2.08 bits per heavy atom. The van der Waals surface area contributed by atoms with E-state index in [1.807, 2.05) is 17.9 Å². The lowest BCUT2D eigenvalue weighted by atomic mass is 9.76. The van der Waals surface area contributed by atoms with Gasteiger partial charge in [0.15, 0.2) is 0 Å². The zero-order valence-corrected chi connectivity index (χ0v) is 14.8. The van der Waals surface area contributed by atoms with Crippen LogP contribution in [0.15, 0.2) is 12.4 Å². The van der Waals surface area contributed by atoms with Crippen molar-refractivity contribution in [1.82, 2.24) is 20.0 Å². The second-order valence-electron chi connectivity index (χ2n) is 8.43. The minimum Gasteiger partial charge on any atom is -0.356 e. The molecule has 1 N–H and O–H groups in total. The molecule has 1 saturated heterocycles. The molecule has 4 rings (SSSR count). The van der Waals surface area contributed by atoms with Crippen LogP contribution < -0.4 is 5.32 Å². The summed E-state index contributed by atoms with van der Waals surface area (Å²) in [6, 6.07) is 0. The van der Waals surface area contributed by atoms with Crippen LogP contribution in [0.25, 0.3) is 0 Å². The van der Waals surface area contributed by atoms with E-state index in [0.29, 0.717) is 11.3 Å². The Labute approximate surface area is 144 Å². The first-order chi connectivity index (χ1) is 11.6. The molecule has 5 nitrogen and oxygen atoms in total. The minimum absolute atomic E-state index is 0.272. The van der Waals surface area contributed by atoms with Crippen LogP contribution in [0.3, 0.4) is 0 Å². The summed E-state index contributed by atoms with van der Waals surface area (Å²) >= 11 is 0. The van der Waals surface area contributed by atoms with Gasteiger partial charge in [-0.1, -0.05) is 0 Å². The van der Waals surface area contributed by atoms with Gasteiger partial charge in [0.2, 0.25) is 5.91 Å². The predicted molar refractivity (Wildman–Crippen MR) is 93.2 cm³/mol. The molecule has 0 bridgehead atoms. The highest BCUT2D eigenvalue weighted by Gasteiger charge is 2.43. The average Bonchev–Trinajstić information content (AvgIpc) is 3.19. The quantitative estimate of drug-likeness (QED) is 0.901. The SMILES string of the molecule is Cn1cc(CN2CCC3(CCC(C(=O)NCC4CC4)C3)CC2)cn1. The van der Waals surface area contributed by atoms with E-state index in [1.165, 1.54) is 37.7 Å². The molecule has 1 unspecified atom stereocenters. The summed E-state index contributed by atoms with van der Waals surface area (Å²) in [6.45, 7) is 4.24. The van der Waals surface area contributed by atoms with Crippen molar-refractivity contribution >= 4 is 5.91 Å². The summed E-state index contributed by atoms with van der Waals surface area (Å²) in [6.07, 6.45) is 12.7. The number of hydrogen-bond donors (Lipinski definition) is 1. The first-order valence-corrected chi connectivity index (χ1v) is 9.60. The van der Waals surface area contributed by atoms with Gasteiger partial charge in [-0.05, 0) is 69.4 Å². The number of rotatable bonds is 5. The third-order valence-electron chi connectivity index (χ3n) is 6.42. The van der Waals surface area contributed by atoms with Gasteiger partial charge in [-0.2, -0.15) is 5.10 Å². The molecule has 1 atom stereocenters. The molecular formula is C19H30N4O. The van der Waals surface area contributed by atoms with E-state index in [0.717, 1.165) is 44.9 Å². The maximum atomic E-state index is 12.4. The van der Waals surface area contributed by atoms with Crippen molar-refractivity contribution in [1.29, 1.82) is 0 Å². The number of piperidine rings is 1. The van der Waals surface area contributed by atoms with E-state index in [-0.39, 0.29) is 5.92 Å². The third-order valence-corrected chi connectivity index (χ3v) is 6.42. The van der Waals surface area contributed by atoms with E-state index in [9.17, 15) is 4.79 Å². The lowest BCUT2D eigenvalue weighted by Crippen LogP contribution is -2.39. The Hall–Kier alpha value is -1.36. The van der Waals surface area contributed by atoms with Gasteiger partial charge < -0.3 is 5.32 Å². The zero-order chi connectivity index (χ0) is 16.6. The Bertz CT molecular complexity index is 584. The highest BCUT2D eigenvalue weighted by atomic mass is 16.1. The Balaban J connectivity index is 1.25. The molecular weight excluding hydrogens is 300 g/mol. The molecule has 2 saturated carbocycles. The van der Waals surface area contributed by atoms with Gasteiger partial charge in [0.05, 0.1) is 6.20 Å². The van der Waals surface area contributed by atoms with E-state index in [1.54, 1.807) is 0 Å². The first-order valence-electron chi connectivity index (χ1n) is 9.60. The third kappa shape index (κ3) is 3.66. The van der Waals surface area contributed by atoms with Gasteiger partial charge >= 0.3 is 0 Å². The van der Waals surface area contributed by atoms with Crippen molar-refractivity contribution < 1.29 is 4.79 Å². The summed E-state index contributed by atoms with van der Waals surface area (Å²) in [4.78, 5) is 14.9. The molecule has 1 amide bonds. The standard InChI is InChI=1S/C19H30N4O/c1-22-13-16(12-21-22)14-23-8-6-19(7-9-23)5-4-17(10-19)18(24)20-11-15-2-3-15/h12-13,15,17H,2-11,14H2,1H3,(H,20,24). The number of nitrogens with one attached hydrogen (secondary N) is 1. The lowest BCUT2D eigenvalue weighted by Gasteiger charge is -2.39. The van der Waals surface area contributed by atoms with Gasteiger partial charge in [0.25, 0.3) is 0 Å². The maximum Gasteiger partial charge on any atom is 0.223 e. The van der Waals surface area contributed by atoms with Crippen molar-refractivity contribution in [3.05, 3.63) is 18.0 Å². The van der Waals surface area contributed by atoms with Gasteiger partial charge in [0, 0.05) is 37.8 Å². The number of aryl methyl sites for hydroxylation is 1. The first kappa shape index (κ1) is 16.1. The number of nitrogens with zero attached hydrogens (tertiary/aromatic N) is 3. The minimum atomic E-state index is 0.272. The Kier molecular flexibility index (Phi) is 4.37. The molecule has 0 aromatic carbocycles. The molecule has 2 heterocycles. The number of amides is 1. The lowest BCUT2D eigenvalue weighted by molar-refractivity contribution is -0.125. The molecule has 5 heteroatoms. The predicted octanol–water partition coefficient (Wildman–Crippen LogP) is 2.33. The number of carbonyl (C=O) groups is 1. The van der Waals surface area contributed by atoms with Crippen LogP contribution in [0.1, 0.15) is 50.5 Å². The summed E-state index contributed by atoms with van der Waals surface area (Å²) < 4.78 is 1.88. The van der Waals surface area contributed by atoms with Crippen LogP contribution in [-0.4, -0.2) is 40.2 Å². The molecule has 24 heavy (non-hydrogen) atoms. The summed E-state index contributed by atoms with van der Waals surface area (Å²) in [5.74, 6) is 1.38. The van der Waals surface area contributed by atoms with Crippen molar-refractivity contribution in [2.75, 3.05) is 19.6 Å². The van der Waals surface area contributed by atoms with Gasteiger partial charge in [-0.3, -0.25) is 14.4 Å². The van der Waals surface area contributed by atoms with E-state index >= 15 is 0 Å². The fourth-order valence-electron chi connectivity index (χ4n) is 4.59. The highest BCUT2D eigenvalue weighted by molar-refractivity contribution is 5.79. The molecule has 132 valence electrons. The number of hydrogen-bond acceptors (Lipinski definition) is 3. The molecule has 1 spiro atoms. The Morgan fingerprint density at radius 1 is 1.29 bits per heavy atom. The molecule has 1 aromatic rings. The number of carbonyl (C=O) groups excluding carboxylic acids is 1. The summed E-state index contributed by atoms with van der Waals surface area (Å²) in [7, 11) is 1.97. The van der Waals surface area contributed by atoms with Gasteiger partial charge in [0.1, 0.15) is 0 Å². The fraction of sp³-hybridized carbons (Fsp3) is 0.789. The summed E-state index contributed by atoms with van der Waals surface area (Å²) in [5, 5.41) is 7.46. The number of likely N-dealkylation sites (tertiary alicyclic amines) is 1. The second kappa shape index (κ2) is 6.51. The topological polar surface area (TPSA) is 50.2 Å². The molecule has 1 aliphatic heterocycles. The van der Waals surface area contributed by atoms with Gasteiger partial charge in [-0.25, -0.2) is 0 Å². The zero-order valence-electron chi connectivity index (χ0n) is 14.8. The fourth-order valence-corrected chi connectivity index (χ4v) is 4.59. The van der Waals surface area contributed by atoms with Crippen LogP contribution in [0.5, 0.6) is 0 Å². The second-order valence-corrected chi connectivity index (χ2v) is 8.43. The van der Waals surface area contributed by atoms with Crippen LogP contribution in [0.2, 0.25) is 0 Å². The summed E-state index contributed by atoms with van der Waals surface area (Å²) in [5.41, 5.74) is 1.74.